The molecule has 100 valence electrons. The molecule has 0 heterocycles. The number of hydrogen-bond acceptors (Lipinski definition) is 2. The quantitative estimate of drug-likeness (QED) is 0.293. The molecule has 0 radical (unpaired) electrons. The first-order chi connectivity index (χ1) is 8.15. The molecule has 2 N–H and O–H groups in total. The van der Waals surface area contributed by atoms with Gasteiger partial charge in [0.15, 0.2) is 5.96 Å². The number of aliphatic hydroxyl groups excluding tert-OH is 1. The van der Waals surface area contributed by atoms with Crippen LogP contribution in [-0.4, -0.2) is 49.3 Å². The Morgan fingerprint density at radius 1 is 1.59 bits per heavy atom. The molecule has 0 aliphatic rings. The van der Waals surface area contributed by atoms with E-state index >= 15 is 0 Å². The monoisotopic (exact) mass is 241 g/mol. The topological polar surface area (TPSA) is 47.9 Å². The zero-order valence-electron chi connectivity index (χ0n) is 11.4. The fraction of sp³-hybridized carbons (Fsp3) is 0.769. The largest absolute Gasteiger partial charge is 0.396 e. The highest BCUT2D eigenvalue weighted by molar-refractivity contribution is 5.79. The van der Waals surface area contributed by atoms with Gasteiger partial charge in [0.2, 0.25) is 0 Å². The Bertz CT molecular complexity index is 229. The maximum Gasteiger partial charge on any atom is 0.193 e. The highest BCUT2D eigenvalue weighted by Gasteiger charge is 2.05. The smallest absolute Gasteiger partial charge is 0.193 e. The van der Waals surface area contributed by atoms with E-state index in [-0.39, 0.29) is 12.5 Å². The molecule has 0 amide bonds. The zero-order valence-corrected chi connectivity index (χ0v) is 11.4. The number of hydrogen-bond donors (Lipinski definition) is 2. The van der Waals surface area contributed by atoms with Gasteiger partial charge in [-0.3, -0.25) is 4.99 Å². The number of allylic oxidation sites excluding steroid dienone is 1. The van der Waals surface area contributed by atoms with Crippen LogP contribution in [0.3, 0.4) is 0 Å². The SMILES string of the molecule is C=CCCCN(C)C(=NCC(C)CO)NCC. The maximum atomic E-state index is 8.98. The molecule has 0 aliphatic heterocycles. The standard InChI is InChI=1S/C13H27N3O/c1-5-7-8-9-16(4)13(14-6-2)15-10-12(3)11-17/h5,12,17H,1,6-11H2,2-4H3,(H,14,15). The van der Waals surface area contributed by atoms with Crippen molar-refractivity contribution in [1.29, 1.82) is 0 Å². The molecule has 1 unspecified atom stereocenters. The summed E-state index contributed by atoms with van der Waals surface area (Å²) in [5.41, 5.74) is 0. The first-order valence-electron chi connectivity index (χ1n) is 6.36. The number of guanidine groups is 1. The zero-order chi connectivity index (χ0) is 13.1. The molecule has 0 fully saturated rings. The van der Waals surface area contributed by atoms with Gasteiger partial charge in [-0.05, 0) is 25.7 Å². The van der Waals surface area contributed by atoms with Gasteiger partial charge in [0, 0.05) is 33.3 Å². The summed E-state index contributed by atoms with van der Waals surface area (Å²) in [4.78, 5) is 6.63. The van der Waals surface area contributed by atoms with Crippen molar-refractivity contribution in [1.82, 2.24) is 10.2 Å². The molecular formula is C13H27N3O. The van der Waals surface area contributed by atoms with Crippen LogP contribution in [0.4, 0.5) is 0 Å². The van der Waals surface area contributed by atoms with Gasteiger partial charge in [0.1, 0.15) is 0 Å². The van der Waals surface area contributed by atoms with Crippen molar-refractivity contribution in [2.75, 3.05) is 33.3 Å². The maximum absolute atomic E-state index is 8.98. The predicted molar refractivity (Wildman–Crippen MR) is 74.3 cm³/mol. The number of rotatable bonds is 8. The van der Waals surface area contributed by atoms with Crippen molar-refractivity contribution in [2.45, 2.75) is 26.7 Å². The average Bonchev–Trinajstić information content (AvgIpc) is 2.34. The molecule has 0 aromatic carbocycles. The molecule has 0 saturated heterocycles. The number of aliphatic hydroxyl groups is 1. The lowest BCUT2D eigenvalue weighted by atomic mass is 10.2. The van der Waals surface area contributed by atoms with E-state index in [4.69, 9.17) is 5.11 Å². The van der Waals surface area contributed by atoms with E-state index in [0.29, 0.717) is 6.54 Å². The molecule has 0 aromatic rings. The van der Waals surface area contributed by atoms with Crippen molar-refractivity contribution in [3.05, 3.63) is 12.7 Å². The van der Waals surface area contributed by atoms with Gasteiger partial charge in [-0.25, -0.2) is 0 Å². The second-order valence-electron chi connectivity index (χ2n) is 4.33. The average molecular weight is 241 g/mol. The lowest BCUT2D eigenvalue weighted by Gasteiger charge is -2.22. The first-order valence-corrected chi connectivity index (χ1v) is 6.36. The number of nitrogens with zero attached hydrogens (tertiary/aromatic N) is 2. The first kappa shape index (κ1) is 16.0. The highest BCUT2D eigenvalue weighted by Crippen LogP contribution is 1.97. The van der Waals surface area contributed by atoms with E-state index in [9.17, 15) is 0 Å². The summed E-state index contributed by atoms with van der Waals surface area (Å²) in [7, 11) is 2.04. The fourth-order valence-corrected chi connectivity index (χ4v) is 1.35. The van der Waals surface area contributed by atoms with Gasteiger partial charge in [0.25, 0.3) is 0 Å². The Morgan fingerprint density at radius 2 is 2.29 bits per heavy atom. The van der Waals surface area contributed by atoms with Crippen LogP contribution in [0.1, 0.15) is 26.7 Å². The summed E-state index contributed by atoms with van der Waals surface area (Å²) in [5, 5.41) is 12.2. The lowest BCUT2D eigenvalue weighted by molar-refractivity contribution is 0.241. The second kappa shape index (κ2) is 10.1. The minimum absolute atomic E-state index is 0.184. The molecule has 0 saturated carbocycles. The van der Waals surface area contributed by atoms with Crippen LogP contribution in [0.15, 0.2) is 17.6 Å². The van der Waals surface area contributed by atoms with E-state index < -0.39 is 0 Å². The normalized spacial score (nSPS) is 13.3. The Hall–Kier alpha value is -1.03. The Morgan fingerprint density at radius 3 is 2.82 bits per heavy atom. The summed E-state index contributed by atoms with van der Waals surface area (Å²) >= 11 is 0. The van der Waals surface area contributed by atoms with E-state index in [1.54, 1.807) is 0 Å². The number of nitrogens with one attached hydrogen (secondary N) is 1. The van der Waals surface area contributed by atoms with Crippen LogP contribution in [-0.2, 0) is 0 Å². The molecular weight excluding hydrogens is 214 g/mol. The van der Waals surface area contributed by atoms with Crippen LogP contribution < -0.4 is 5.32 Å². The summed E-state index contributed by atoms with van der Waals surface area (Å²) in [6.45, 7) is 10.4. The Balaban J connectivity index is 4.22. The fourth-order valence-electron chi connectivity index (χ4n) is 1.35. The van der Waals surface area contributed by atoms with Crippen molar-refractivity contribution < 1.29 is 5.11 Å². The van der Waals surface area contributed by atoms with Crippen LogP contribution >= 0.6 is 0 Å². The molecule has 17 heavy (non-hydrogen) atoms. The van der Waals surface area contributed by atoms with Crippen molar-refractivity contribution in [3.63, 3.8) is 0 Å². The number of aliphatic imine (C=N–C) groups is 1. The summed E-state index contributed by atoms with van der Waals surface area (Å²) in [6.07, 6.45) is 4.04. The van der Waals surface area contributed by atoms with E-state index in [1.165, 1.54) is 0 Å². The van der Waals surface area contributed by atoms with Gasteiger partial charge >= 0.3 is 0 Å². The number of unbranched alkanes of at least 4 members (excludes halogenated alkanes) is 1. The van der Waals surface area contributed by atoms with E-state index in [2.05, 4.69) is 28.7 Å². The van der Waals surface area contributed by atoms with Crippen LogP contribution in [0.25, 0.3) is 0 Å². The van der Waals surface area contributed by atoms with Crippen LogP contribution in [0.5, 0.6) is 0 Å². The van der Waals surface area contributed by atoms with Crippen molar-refractivity contribution in [3.8, 4) is 0 Å². The lowest BCUT2D eigenvalue weighted by Crippen LogP contribution is -2.39. The predicted octanol–water partition coefficient (Wildman–Crippen LogP) is 1.48. The minimum Gasteiger partial charge on any atom is -0.396 e. The third kappa shape index (κ3) is 7.80. The van der Waals surface area contributed by atoms with E-state index in [1.807, 2.05) is 20.0 Å². The van der Waals surface area contributed by atoms with Gasteiger partial charge < -0.3 is 15.3 Å². The van der Waals surface area contributed by atoms with Crippen molar-refractivity contribution >= 4 is 5.96 Å². The summed E-state index contributed by atoms with van der Waals surface area (Å²) in [5.74, 6) is 1.13. The third-order valence-corrected chi connectivity index (χ3v) is 2.46. The Kier molecular flexibility index (Phi) is 9.53. The second-order valence-corrected chi connectivity index (χ2v) is 4.33. The summed E-state index contributed by atoms with van der Waals surface area (Å²) < 4.78 is 0. The molecule has 4 nitrogen and oxygen atoms in total. The molecule has 0 aromatic heterocycles. The molecule has 0 spiro atoms. The van der Waals surface area contributed by atoms with Crippen LogP contribution in [0.2, 0.25) is 0 Å². The molecule has 0 aliphatic carbocycles. The Labute approximate surface area is 105 Å². The molecule has 0 rings (SSSR count). The van der Waals surface area contributed by atoms with Gasteiger partial charge in [0.05, 0.1) is 0 Å². The molecule has 1 atom stereocenters. The van der Waals surface area contributed by atoms with Gasteiger partial charge in [-0.1, -0.05) is 13.0 Å². The van der Waals surface area contributed by atoms with E-state index in [0.717, 1.165) is 31.9 Å². The highest BCUT2D eigenvalue weighted by atomic mass is 16.3. The van der Waals surface area contributed by atoms with Crippen molar-refractivity contribution in [2.24, 2.45) is 10.9 Å². The van der Waals surface area contributed by atoms with Crippen LogP contribution in [0, 0.1) is 5.92 Å². The summed E-state index contributed by atoms with van der Waals surface area (Å²) in [6, 6.07) is 0. The minimum atomic E-state index is 0.184. The molecule has 4 heteroatoms. The van der Waals surface area contributed by atoms with Gasteiger partial charge in [-0.2, -0.15) is 0 Å². The molecule has 0 bridgehead atoms. The third-order valence-electron chi connectivity index (χ3n) is 2.46. The van der Waals surface area contributed by atoms with Gasteiger partial charge in [-0.15, -0.1) is 6.58 Å².